The number of carbonyl (C=O) groups is 1. The Hall–Kier alpha value is -4.68. The molecular formula is C20H19N7O6. The average Bonchev–Trinajstić information content (AvgIpc) is 3.26. The van der Waals surface area contributed by atoms with Gasteiger partial charge in [-0.05, 0) is 41.1 Å². The first-order valence-electron chi connectivity index (χ1n) is 9.61. The number of aromatic hydroxyl groups is 1. The number of carbonyl (C=O) groups excluding carboxylic acids is 1. The minimum absolute atomic E-state index is 0.130. The van der Waals surface area contributed by atoms with Crippen LogP contribution in [0, 0.1) is 10.1 Å². The predicted molar refractivity (Wildman–Crippen MR) is 115 cm³/mol. The van der Waals surface area contributed by atoms with Gasteiger partial charge in [0.15, 0.2) is 5.75 Å². The van der Waals surface area contributed by atoms with E-state index in [0.717, 1.165) is 6.07 Å². The van der Waals surface area contributed by atoms with E-state index < -0.39 is 28.3 Å². The monoisotopic (exact) mass is 453 g/mol. The highest BCUT2D eigenvalue weighted by molar-refractivity contribution is 6.06. The number of hydrogen-bond donors (Lipinski definition) is 3. The maximum absolute atomic E-state index is 13.4. The SMILES string of the molecule is COc1ccccc1NC(=O)C1=C(C)Nc2nnnn2[C@H]1c1cc(OC)c(O)c([N+](=O)[O-])c1. The first-order chi connectivity index (χ1) is 15.8. The van der Waals surface area contributed by atoms with Crippen molar-refractivity contribution in [3.63, 3.8) is 0 Å². The Morgan fingerprint density at radius 3 is 2.67 bits per heavy atom. The number of nitro benzene ring substituents is 1. The molecule has 3 aromatic rings. The molecule has 1 aliphatic heterocycles. The summed E-state index contributed by atoms with van der Waals surface area (Å²) in [5, 5.41) is 39.0. The van der Waals surface area contributed by atoms with Crippen molar-refractivity contribution in [2.45, 2.75) is 13.0 Å². The van der Waals surface area contributed by atoms with E-state index in [-0.39, 0.29) is 22.8 Å². The normalized spacial score (nSPS) is 14.8. The summed E-state index contributed by atoms with van der Waals surface area (Å²) < 4.78 is 11.7. The number of nitrogens with zero attached hydrogens (tertiary/aromatic N) is 5. The molecule has 1 aliphatic rings. The van der Waals surface area contributed by atoms with Crippen molar-refractivity contribution < 1.29 is 24.3 Å². The van der Waals surface area contributed by atoms with Crippen molar-refractivity contribution in [1.82, 2.24) is 20.2 Å². The smallest absolute Gasteiger partial charge is 0.315 e. The third-order valence-electron chi connectivity index (χ3n) is 5.12. The van der Waals surface area contributed by atoms with Crippen LogP contribution >= 0.6 is 0 Å². The van der Waals surface area contributed by atoms with Crippen LogP contribution < -0.4 is 20.1 Å². The molecule has 33 heavy (non-hydrogen) atoms. The molecule has 2 aromatic carbocycles. The van der Waals surface area contributed by atoms with Gasteiger partial charge in [-0.2, -0.15) is 4.68 Å². The molecule has 0 radical (unpaired) electrons. The Balaban J connectivity index is 1.86. The van der Waals surface area contributed by atoms with E-state index in [2.05, 4.69) is 26.2 Å². The molecule has 13 heteroatoms. The fourth-order valence-corrected chi connectivity index (χ4v) is 3.62. The number of hydrogen-bond acceptors (Lipinski definition) is 10. The van der Waals surface area contributed by atoms with Crippen LogP contribution in [0.5, 0.6) is 17.2 Å². The predicted octanol–water partition coefficient (Wildman–Crippen LogP) is 2.23. The number of allylic oxidation sites excluding steroid dienone is 1. The molecule has 0 bridgehead atoms. The van der Waals surface area contributed by atoms with Gasteiger partial charge in [-0.25, -0.2) is 0 Å². The van der Waals surface area contributed by atoms with Gasteiger partial charge in [0.1, 0.15) is 11.8 Å². The lowest BCUT2D eigenvalue weighted by atomic mass is 9.94. The van der Waals surface area contributed by atoms with E-state index in [1.165, 1.54) is 25.0 Å². The standard InChI is InChI=1S/C20H19N7O6/c1-10-16(19(29)22-12-6-4-5-7-14(12)32-2)17(26-20(21-10)23-24-25-26)11-8-13(27(30)31)18(28)15(9-11)33-3/h4-9,17,28H,1-3H3,(H,22,29)(H,21,23,25)/t17-/m0/s1. The number of tetrazole rings is 1. The number of fused-ring (bicyclic) bond motifs is 1. The van der Waals surface area contributed by atoms with E-state index in [0.29, 0.717) is 17.1 Å². The molecule has 1 amide bonds. The van der Waals surface area contributed by atoms with Gasteiger partial charge < -0.3 is 25.2 Å². The third kappa shape index (κ3) is 3.75. The minimum atomic E-state index is -0.959. The second kappa shape index (κ2) is 8.45. The van der Waals surface area contributed by atoms with Crippen LogP contribution in [0.25, 0.3) is 0 Å². The summed E-state index contributed by atoms with van der Waals surface area (Å²) in [6.45, 7) is 1.66. The number of phenolic OH excluding ortho intramolecular Hbond substituents is 1. The third-order valence-corrected chi connectivity index (χ3v) is 5.12. The highest BCUT2D eigenvalue weighted by Gasteiger charge is 2.36. The van der Waals surface area contributed by atoms with Gasteiger partial charge in [-0.15, -0.1) is 0 Å². The number of amides is 1. The molecule has 0 fully saturated rings. The summed E-state index contributed by atoms with van der Waals surface area (Å²) >= 11 is 0. The summed E-state index contributed by atoms with van der Waals surface area (Å²) in [5.41, 5.74) is 0.739. The van der Waals surface area contributed by atoms with Crippen LogP contribution in [0.2, 0.25) is 0 Å². The number of phenols is 1. The summed E-state index contributed by atoms with van der Waals surface area (Å²) in [7, 11) is 2.75. The lowest BCUT2D eigenvalue weighted by Gasteiger charge is -2.28. The summed E-state index contributed by atoms with van der Waals surface area (Å²) in [5.74, 6) is -0.576. The van der Waals surface area contributed by atoms with Crippen molar-refractivity contribution in [2.75, 3.05) is 24.9 Å². The van der Waals surface area contributed by atoms with E-state index in [9.17, 15) is 20.0 Å². The minimum Gasteiger partial charge on any atom is -0.500 e. The maximum atomic E-state index is 13.4. The molecule has 0 unspecified atom stereocenters. The lowest BCUT2D eigenvalue weighted by molar-refractivity contribution is -0.386. The number of para-hydroxylation sites is 2. The van der Waals surface area contributed by atoms with Crippen LogP contribution in [0.4, 0.5) is 17.3 Å². The van der Waals surface area contributed by atoms with Gasteiger partial charge in [-0.1, -0.05) is 17.2 Å². The molecule has 2 heterocycles. The van der Waals surface area contributed by atoms with Gasteiger partial charge in [-0.3, -0.25) is 14.9 Å². The van der Waals surface area contributed by atoms with Gasteiger partial charge in [0.2, 0.25) is 11.7 Å². The van der Waals surface area contributed by atoms with Gasteiger partial charge in [0.05, 0.1) is 30.4 Å². The van der Waals surface area contributed by atoms with Crippen LogP contribution in [0.15, 0.2) is 47.7 Å². The number of methoxy groups -OCH3 is 2. The van der Waals surface area contributed by atoms with Gasteiger partial charge >= 0.3 is 5.69 Å². The van der Waals surface area contributed by atoms with Crippen molar-refractivity contribution in [2.24, 2.45) is 0 Å². The molecule has 4 rings (SSSR count). The molecule has 0 saturated carbocycles. The molecule has 0 spiro atoms. The number of anilines is 2. The zero-order valence-electron chi connectivity index (χ0n) is 17.8. The Kier molecular flexibility index (Phi) is 5.52. The highest BCUT2D eigenvalue weighted by atomic mass is 16.6. The largest absolute Gasteiger partial charge is 0.500 e. The highest BCUT2D eigenvalue weighted by Crippen LogP contribution is 2.43. The quantitative estimate of drug-likeness (QED) is 0.372. The van der Waals surface area contributed by atoms with E-state index in [4.69, 9.17) is 9.47 Å². The molecule has 0 aliphatic carbocycles. The Labute approximate surface area is 186 Å². The zero-order chi connectivity index (χ0) is 23.7. The van der Waals surface area contributed by atoms with Crippen LogP contribution in [0.3, 0.4) is 0 Å². The maximum Gasteiger partial charge on any atom is 0.315 e. The first kappa shape index (κ1) is 21.5. The number of nitro groups is 1. The Morgan fingerprint density at radius 1 is 1.24 bits per heavy atom. The molecular weight excluding hydrogens is 434 g/mol. The van der Waals surface area contributed by atoms with Crippen molar-refractivity contribution in [3.05, 3.63) is 63.3 Å². The molecule has 170 valence electrons. The summed E-state index contributed by atoms with van der Waals surface area (Å²) in [4.78, 5) is 24.2. The zero-order valence-corrected chi connectivity index (χ0v) is 17.8. The van der Waals surface area contributed by atoms with Crippen molar-refractivity contribution in [3.8, 4) is 17.2 Å². The molecule has 1 atom stereocenters. The molecule has 13 nitrogen and oxygen atoms in total. The Morgan fingerprint density at radius 2 is 1.97 bits per heavy atom. The van der Waals surface area contributed by atoms with Gasteiger partial charge in [0.25, 0.3) is 5.91 Å². The topological polar surface area (TPSA) is 167 Å². The van der Waals surface area contributed by atoms with E-state index >= 15 is 0 Å². The number of benzene rings is 2. The molecule has 0 saturated heterocycles. The fraction of sp³-hybridized carbons (Fsp3) is 0.200. The second-order valence-electron chi connectivity index (χ2n) is 7.02. The van der Waals surface area contributed by atoms with Crippen LogP contribution in [-0.4, -0.2) is 50.4 Å². The van der Waals surface area contributed by atoms with Crippen LogP contribution in [-0.2, 0) is 4.79 Å². The summed E-state index contributed by atoms with van der Waals surface area (Å²) in [6, 6.07) is 8.47. The fourth-order valence-electron chi connectivity index (χ4n) is 3.62. The van der Waals surface area contributed by atoms with Crippen molar-refractivity contribution >= 4 is 23.2 Å². The van der Waals surface area contributed by atoms with Crippen molar-refractivity contribution in [1.29, 1.82) is 0 Å². The summed E-state index contributed by atoms with van der Waals surface area (Å²) in [6.07, 6.45) is 0. The Bertz CT molecular complexity index is 1290. The number of rotatable bonds is 6. The average molecular weight is 453 g/mol. The first-order valence-corrected chi connectivity index (χ1v) is 9.61. The second-order valence-corrected chi connectivity index (χ2v) is 7.02. The number of nitrogens with one attached hydrogen (secondary N) is 2. The van der Waals surface area contributed by atoms with E-state index in [1.807, 2.05) is 0 Å². The molecule has 3 N–H and O–H groups in total. The van der Waals surface area contributed by atoms with Crippen LogP contribution in [0.1, 0.15) is 18.5 Å². The lowest BCUT2D eigenvalue weighted by Crippen LogP contribution is -2.31. The van der Waals surface area contributed by atoms with Gasteiger partial charge in [0, 0.05) is 11.8 Å². The number of ether oxygens (including phenoxy) is 2. The molecule has 1 aromatic heterocycles. The van der Waals surface area contributed by atoms with E-state index in [1.54, 1.807) is 31.2 Å². The number of aromatic nitrogens is 4.